The molecule has 4 heteroatoms. The third kappa shape index (κ3) is 4.19. The summed E-state index contributed by atoms with van der Waals surface area (Å²) in [6.45, 7) is 6.97. The first-order chi connectivity index (χ1) is 10.1. The second kappa shape index (κ2) is 7.59. The lowest BCUT2D eigenvalue weighted by atomic mass is 9.85. The molecule has 3 atom stereocenters. The van der Waals surface area contributed by atoms with Gasteiger partial charge in [-0.2, -0.15) is 0 Å². The summed E-state index contributed by atoms with van der Waals surface area (Å²) in [5.74, 6) is 0.204. The SMILES string of the molecule is CCCNC(C)(CCCN1CCC2CCCCC21)C(=O)O. The van der Waals surface area contributed by atoms with E-state index in [-0.39, 0.29) is 0 Å². The van der Waals surface area contributed by atoms with Crippen molar-refractivity contribution < 1.29 is 9.90 Å². The third-order valence-corrected chi connectivity index (χ3v) is 5.48. The van der Waals surface area contributed by atoms with Crippen LogP contribution in [0.4, 0.5) is 0 Å². The van der Waals surface area contributed by atoms with E-state index in [4.69, 9.17) is 0 Å². The number of aliphatic carboxylic acids is 1. The number of fused-ring (bicyclic) bond motifs is 1. The van der Waals surface area contributed by atoms with E-state index in [9.17, 15) is 9.90 Å². The van der Waals surface area contributed by atoms with Crippen molar-refractivity contribution in [1.29, 1.82) is 0 Å². The van der Waals surface area contributed by atoms with Crippen LogP contribution in [-0.4, -0.2) is 47.2 Å². The van der Waals surface area contributed by atoms with Gasteiger partial charge < -0.3 is 15.3 Å². The molecule has 1 heterocycles. The van der Waals surface area contributed by atoms with E-state index in [2.05, 4.69) is 17.1 Å². The number of carbonyl (C=O) groups is 1. The minimum Gasteiger partial charge on any atom is -0.480 e. The number of rotatable bonds is 8. The van der Waals surface area contributed by atoms with E-state index in [1.807, 2.05) is 6.92 Å². The van der Waals surface area contributed by atoms with E-state index in [1.165, 1.54) is 38.6 Å². The van der Waals surface area contributed by atoms with Crippen LogP contribution in [0.25, 0.3) is 0 Å². The quantitative estimate of drug-likeness (QED) is 0.723. The van der Waals surface area contributed by atoms with Crippen LogP contribution in [0.5, 0.6) is 0 Å². The fourth-order valence-corrected chi connectivity index (χ4v) is 4.09. The Morgan fingerprint density at radius 2 is 2.10 bits per heavy atom. The molecule has 1 saturated carbocycles. The summed E-state index contributed by atoms with van der Waals surface area (Å²) in [7, 11) is 0. The van der Waals surface area contributed by atoms with Gasteiger partial charge in [-0.05, 0) is 71.0 Å². The monoisotopic (exact) mass is 296 g/mol. The second-order valence-corrected chi connectivity index (χ2v) is 7.10. The minimum absolute atomic E-state index is 0.715. The molecule has 0 bridgehead atoms. The zero-order chi connectivity index (χ0) is 15.3. The van der Waals surface area contributed by atoms with E-state index in [0.717, 1.165) is 44.3 Å². The molecule has 3 unspecified atom stereocenters. The Morgan fingerprint density at radius 3 is 2.81 bits per heavy atom. The molecule has 0 radical (unpaired) electrons. The molecule has 4 nitrogen and oxygen atoms in total. The summed E-state index contributed by atoms with van der Waals surface area (Å²) < 4.78 is 0. The van der Waals surface area contributed by atoms with Gasteiger partial charge in [0.15, 0.2) is 0 Å². The fourth-order valence-electron chi connectivity index (χ4n) is 4.09. The number of nitrogens with one attached hydrogen (secondary N) is 1. The fraction of sp³-hybridized carbons (Fsp3) is 0.941. The Kier molecular flexibility index (Phi) is 6.06. The predicted molar refractivity (Wildman–Crippen MR) is 85.5 cm³/mol. The van der Waals surface area contributed by atoms with Crippen molar-refractivity contribution in [3.63, 3.8) is 0 Å². The van der Waals surface area contributed by atoms with Crippen molar-refractivity contribution in [3.05, 3.63) is 0 Å². The van der Waals surface area contributed by atoms with Gasteiger partial charge in [0.1, 0.15) is 5.54 Å². The lowest BCUT2D eigenvalue weighted by Gasteiger charge is -2.33. The zero-order valence-corrected chi connectivity index (χ0v) is 13.7. The average molecular weight is 296 g/mol. The second-order valence-electron chi connectivity index (χ2n) is 7.10. The molecule has 0 aromatic rings. The Balaban J connectivity index is 1.78. The molecule has 2 aliphatic rings. The first kappa shape index (κ1) is 16.8. The van der Waals surface area contributed by atoms with E-state index in [1.54, 1.807) is 0 Å². The Morgan fingerprint density at radius 1 is 1.33 bits per heavy atom. The molecule has 0 aromatic heterocycles. The molecule has 0 amide bonds. The van der Waals surface area contributed by atoms with Crippen molar-refractivity contribution in [1.82, 2.24) is 10.2 Å². The van der Waals surface area contributed by atoms with Crippen molar-refractivity contribution in [2.45, 2.75) is 76.8 Å². The molecule has 2 fully saturated rings. The van der Waals surface area contributed by atoms with E-state index in [0.29, 0.717) is 0 Å². The molecule has 1 saturated heterocycles. The number of hydrogen-bond acceptors (Lipinski definition) is 3. The Labute approximate surface area is 129 Å². The van der Waals surface area contributed by atoms with Gasteiger partial charge in [0.05, 0.1) is 0 Å². The Bertz CT molecular complexity index is 348. The largest absolute Gasteiger partial charge is 0.480 e. The third-order valence-electron chi connectivity index (χ3n) is 5.48. The molecule has 0 aromatic carbocycles. The smallest absolute Gasteiger partial charge is 0.323 e. The van der Waals surface area contributed by atoms with Gasteiger partial charge in [-0.3, -0.25) is 4.79 Å². The van der Waals surface area contributed by atoms with E-state index >= 15 is 0 Å². The lowest BCUT2D eigenvalue weighted by Crippen LogP contribution is -2.50. The number of likely N-dealkylation sites (tertiary alicyclic amines) is 1. The van der Waals surface area contributed by atoms with Crippen LogP contribution in [0, 0.1) is 5.92 Å². The van der Waals surface area contributed by atoms with Crippen molar-refractivity contribution >= 4 is 5.97 Å². The van der Waals surface area contributed by atoms with Gasteiger partial charge in [0.2, 0.25) is 0 Å². The topological polar surface area (TPSA) is 52.6 Å². The van der Waals surface area contributed by atoms with Crippen LogP contribution in [0.2, 0.25) is 0 Å². The molecule has 122 valence electrons. The van der Waals surface area contributed by atoms with Crippen molar-refractivity contribution in [2.24, 2.45) is 5.92 Å². The molecule has 1 aliphatic carbocycles. The molecule has 2 N–H and O–H groups in total. The summed E-state index contributed by atoms with van der Waals surface area (Å²) in [4.78, 5) is 14.1. The minimum atomic E-state index is -0.762. The average Bonchev–Trinajstić information content (AvgIpc) is 2.88. The van der Waals surface area contributed by atoms with Crippen LogP contribution >= 0.6 is 0 Å². The van der Waals surface area contributed by atoms with Gasteiger partial charge in [-0.15, -0.1) is 0 Å². The number of hydrogen-bond donors (Lipinski definition) is 2. The summed E-state index contributed by atoms with van der Waals surface area (Å²) in [5.41, 5.74) is -0.762. The summed E-state index contributed by atoms with van der Waals surface area (Å²) in [6, 6.07) is 0.790. The standard InChI is InChI=1S/C17H32N2O2/c1-3-11-18-17(2,16(20)21)10-6-12-19-13-9-14-7-4-5-8-15(14)19/h14-15,18H,3-13H2,1-2H3,(H,20,21). The molecule has 21 heavy (non-hydrogen) atoms. The predicted octanol–water partition coefficient (Wildman–Crippen LogP) is 2.87. The highest BCUT2D eigenvalue weighted by Crippen LogP contribution is 2.36. The van der Waals surface area contributed by atoms with Crippen molar-refractivity contribution in [2.75, 3.05) is 19.6 Å². The highest BCUT2D eigenvalue weighted by Gasteiger charge is 2.36. The first-order valence-corrected chi connectivity index (χ1v) is 8.79. The maximum absolute atomic E-state index is 11.5. The number of nitrogens with zero attached hydrogens (tertiary/aromatic N) is 1. The highest BCUT2D eigenvalue weighted by atomic mass is 16.4. The molecule has 1 aliphatic heterocycles. The van der Waals surface area contributed by atoms with Gasteiger partial charge in [-0.25, -0.2) is 0 Å². The molecule has 0 spiro atoms. The van der Waals surface area contributed by atoms with Crippen molar-refractivity contribution in [3.8, 4) is 0 Å². The van der Waals surface area contributed by atoms with Crippen LogP contribution in [-0.2, 0) is 4.79 Å². The lowest BCUT2D eigenvalue weighted by molar-refractivity contribution is -0.144. The van der Waals surface area contributed by atoms with Crippen LogP contribution in [0.1, 0.15) is 65.2 Å². The summed E-state index contributed by atoms with van der Waals surface area (Å²) in [5, 5.41) is 12.7. The van der Waals surface area contributed by atoms with E-state index < -0.39 is 11.5 Å². The van der Waals surface area contributed by atoms with Crippen LogP contribution in [0.15, 0.2) is 0 Å². The zero-order valence-electron chi connectivity index (χ0n) is 13.7. The molecule has 2 rings (SSSR count). The number of carboxylic acid groups (broad SMARTS) is 1. The van der Waals surface area contributed by atoms with Gasteiger partial charge >= 0.3 is 5.97 Å². The highest BCUT2D eigenvalue weighted by molar-refractivity contribution is 5.78. The van der Waals surface area contributed by atoms with Gasteiger partial charge in [-0.1, -0.05) is 19.8 Å². The molecular formula is C17H32N2O2. The number of carboxylic acids is 1. The molecular weight excluding hydrogens is 264 g/mol. The van der Waals surface area contributed by atoms with Gasteiger partial charge in [0, 0.05) is 6.04 Å². The first-order valence-electron chi connectivity index (χ1n) is 8.79. The normalized spacial score (nSPS) is 29.0. The Hall–Kier alpha value is -0.610. The van der Waals surface area contributed by atoms with Gasteiger partial charge in [0.25, 0.3) is 0 Å². The maximum atomic E-state index is 11.5. The summed E-state index contributed by atoms with van der Waals surface area (Å²) in [6.07, 6.45) is 9.57. The van der Waals surface area contributed by atoms with Crippen LogP contribution < -0.4 is 5.32 Å². The van der Waals surface area contributed by atoms with Crippen LogP contribution in [0.3, 0.4) is 0 Å². The summed E-state index contributed by atoms with van der Waals surface area (Å²) >= 11 is 0. The maximum Gasteiger partial charge on any atom is 0.323 e.